The SMILES string of the molecule is CC(C)(C)C(=O)COc1n[nH]c(-c2ccc(S(C)(=O)=O)cc2)c1-c1ccc(F)cc1. The summed E-state index contributed by atoms with van der Waals surface area (Å²) in [7, 11) is -3.33. The maximum atomic E-state index is 13.4. The number of benzene rings is 2. The number of rotatable bonds is 6. The Morgan fingerprint density at radius 1 is 1.03 bits per heavy atom. The smallest absolute Gasteiger partial charge is 0.241 e. The zero-order chi connectivity index (χ0) is 22.1. The van der Waals surface area contributed by atoms with Crippen molar-refractivity contribution in [1.82, 2.24) is 10.2 Å². The van der Waals surface area contributed by atoms with Crippen molar-refractivity contribution in [2.24, 2.45) is 5.41 Å². The number of carbonyl (C=O) groups excluding carboxylic acids is 1. The number of hydrogen-bond donors (Lipinski definition) is 1. The Balaban J connectivity index is 2.04. The van der Waals surface area contributed by atoms with Crippen molar-refractivity contribution < 1.29 is 22.3 Å². The summed E-state index contributed by atoms with van der Waals surface area (Å²) in [5, 5.41) is 7.10. The number of sulfone groups is 1. The van der Waals surface area contributed by atoms with Crippen LogP contribution in [0, 0.1) is 11.2 Å². The summed E-state index contributed by atoms with van der Waals surface area (Å²) in [5.41, 5.74) is 1.89. The van der Waals surface area contributed by atoms with Crippen LogP contribution in [0.3, 0.4) is 0 Å². The Kier molecular flexibility index (Phi) is 5.81. The number of carbonyl (C=O) groups is 1. The molecule has 0 aliphatic heterocycles. The highest BCUT2D eigenvalue weighted by molar-refractivity contribution is 7.90. The van der Waals surface area contributed by atoms with Gasteiger partial charge in [-0.2, -0.15) is 0 Å². The highest BCUT2D eigenvalue weighted by Gasteiger charge is 2.24. The van der Waals surface area contributed by atoms with Gasteiger partial charge in [0.15, 0.2) is 15.6 Å². The zero-order valence-corrected chi connectivity index (χ0v) is 18.0. The summed E-state index contributed by atoms with van der Waals surface area (Å²) < 4.78 is 42.6. The summed E-state index contributed by atoms with van der Waals surface area (Å²) >= 11 is 0. The monoisotopic (exact) mass is 430 g/mol. The quantitative estimate of drug-likeness (QED) is 0.630. The molecule has 0 spiro atoms. The van der Waals surface area contributed by atoms with Crippen LogP contribution in [0.25, 0.3) is 22.4 Å². The predicted octanol–water partition coefficient (Wildman–Crippen LogP) is 4.28. The molecule has 1 aromatic heterocycles. The molecule has 0 amide bonds. The number of aromatic nitrogens is 2. The average molecular weight is 431 g/mol. The van der Waals surface area contributed by atoms with E-state index in [0.717, 1.165) is 6.26 Å². The molecule has 1 heterocycles. The van der Waals surface area contributed by atoms with E-state index in [-0.39, 0.29) is 29.0 Å². The average Bonchev–Trinajstić information content (AvgIpc) is 3.09. The maximum absolute atomic E-state index is 13.4. The second-order valence-corrected chi connectivity index (χ2v) is 10.1. The minimum atomic E-state index is -3.33. The molecular formula is C22H23FN2O4S. The topological polar surface area (TPSA) is 89.1 Å². The summed E-state index contributed by atoms with van der Waals surface area (Å²) in [6.07, 6.45) is 1.14. The van der Waals surface area contributed by atoms with Crippen molar-refractivity contribution in [3.05, 3.63) is 54.3 Å². The summed E-state index contributed by atoms with van der Waals surface area (Å²) in [4.78, 5) is 12.5. The number of nitrogens with one attached hydrogen (secondary N) is 1. The zero-order valence-electron chi connectivity index (χ0n) is 17.2. The Labute approximate surface area is 175 Å². The number of H-pyrrole nitrogens is 1. The van der Waals surface area contributed by atoms with Gasteiger partial charge in [0.2, 0.25) is 5.88 Å². The number of hydrogen-bond acceptors (Lipinski definition) is 5. The van der Waals surface area contributed by atoms with Crippen LogP contribution < -0.4 is 4.74 Å². The van der Waals surface area contributed by atoms with E-state index >= 15 is 0 Å². The van der Waals surface area contributed by atoms with Gasteiger partial charge >= 0.3 is 0 Å². The van der Waals surface area contributed by atoms with E-state index in [9.17, 15) is 17.6 Å². The van der Waals surface area contributed by atoms with E-state index in [0.29, 0.717) is 22.4 Å². The molecule has 0 radical (unpaired) electrons. The molecule has 0 aliphatic carbocycles. The molecule has 0 atom stereocenters. The summed E-state index contributed by atoms with van der Waals surface area (Å²) in [5.74, 6) is -0.261. The molecule has 3 rings (SSSR count). The van der Waals surface area contributed by atoms with Crippen LogP contribution in [0.2, 0.25) is 0 Å². The third-order valence-corrected chi connectivity index (χ3v) is 5.74. The summed E-state index contributed by atoms with van der Waals surface area (Å²) in [6, 6.07) is 12.1. The van der Waals surface area contributed by atoms with Gasteiger partial charge < -0.3 is 4.74 Å². The number of halogens is 1. The van der Waals surface area contributed by atoms with E-state index in [4.69, 9.17) is 4.74 Å². The van der Waals surface area contributed by atoms with Crippen molar-refractivity contribution in [3.63, 3.8) is 0 Å². The molecule has 3 aromatic rings. The molecule has 0 saturated heterocycles. The van der Waals surface area contributed by atoms with E-state index in [1.807, 2.05) is 0 Å². The van der Waals surface area contributed by atoms with Crippen LogP contribution in [-0.4, -0.2) is 37.3 Å². The standard InChI is InChI=1S/C22H23FN2O4S/c1-22(2,3)18(26)13-29-21-19(14-5-9-16(23)10-6-14)20(24-25-21)15-7-11-17(12-8-15)30(4,27)28/h5-12H,13H2,1-4H3,(H,24,25). The Bertz CT molecular complexity index is 1160. The highest BCUT2D eigenvalue weighted by Crippen LogP contribution is 2.38. The fraction of sp³-hybridized carbons (Fsp3) is 0.273. The number of nitrogens with zero attached hydrogens (tertiary/aromatic N) is 1. The van der Waals surface area contributed by atoms with E-state index in [1.165, 1.54) is 24.3 Å². The van der Waals surface area contributed by atoms with Crippen molar-refractivity contribution in [2.75, 3.05) is 12.9 Å². The fourth-order valence-electron chi connectivity index (χ4n) is 2.74. The summed E-state index contributed by atoms with van der Waals surface area (Å²) in [6.45, 7) is 5.26. The molecule has 0 fully saturated rings. The molecule has 30 heavy (non-hydrogen) atoms. The van der Waals surface area contributed by atoms with Crippen molar-refractivity contribution in [3.8, 4) is 28.3 Å². The molecule has 0 aliphatic rings. The van der Waals surface area contributed by atoms with Crippen molar-refractivity contribution in [2.45, 2.75) is 25.7 Å². The molecule has 8 heteroatoms. The van der Waals surface area contributed by atoms with Gasteiger partial charge in [0, 0.05) is 17.2 Å². The minimum absolute atomic E-state index is 0.0883. The van der Waals surface area contributed by atoms with Crippen molar-refractivity contribution in [1.29, 1.82) is 0 Å². The first-order chi connectivity index (χ1) is 14.0. The van der Waals surface area contributed by atoms with Crippen LogP contribution in [0.5, 0.6) is 5.88 Å². The Morgan fingerprint density at radius 2 is 1.60 bits per heavy atom. The molecule has 1 N–H and O–H groups in total. The number of aromatic amines is 1. The maximum Gasteiger partial charge on any atom is 0.241 e. The van der Waals surface area contributed by atoms with E-state index in [2.05, 4.69) is 10.2 Å². The largest absolute Gasteiger partial charge is 0.468 e. The van der Waals surface area contributed by atoms with Gasteiger partial charge in [-0.15, -0.1) is 5.10 Å². The first kappa shape index (κ1) is 21.7. The first-order valence-corrected chi connectivity index (χ1v) is 11.2. The van der Waals surface area contributed by atoms with Gasteiger partial charge in [-0.3, -0.25) is 9.89 Å². The molecule has 2 aromatic carbocycles. The van der Waals surface area contributed by atoms with Gasteiger partial charge in [0.25, 0.3) is 0 Å². The number of ether oxygens (including phenoxy) is 1. The molecule has 0 unspecified atom stereocenters. The third-order valence-electron chi connectivity index (χ3n) is 4.61. The molecule has 158 valence electrons. The lowest BCUT2D eigenvalue weighted by atomic mass is 9.91. The molecule has 0 saturated carbocycles. The van der Waals surface area contributed by atoms with E-state index < -0.39 is 15.3 Å². The minimum Gasteiger partial charge on any atom is -0.468 e. The molecule has 0 bridgehead atoms. The molecular weight excluding hydrogens is 407 g/mol. The highest BCUT2D eigenvalue weighted by atomic mass is 32.2. The van der Waals surface area contributed by atoms with Crippen molar-refractivity contribution >= 4 is 15.6 Å². The van der Waals surface area contributed by atoms with Gasteiger partial charge in [0.05, 0.1) is 16.2 Å². The van der Waals surface area contributed by atoms with Gasteiger partial charge in [-0.25, -0.2) is 12.8 Å². The second kappa shape index (κ2) is 8.02. The van der Waals surface area contributed by atoms with Crippen LogP contribution in [0.4, 0.5) is 4.39 Å². The van der Waals surface area contributed by atoms with Crippen LogP contribution in [-0.2, 0) is 14.6 Å². The van der Waals surface area contributed by atoms with Gasteiger partial charge in [-0.05, 0) is 29.8 Å². The number of ketones is 1. The predicted molar refractivity (Wildman–Crippen MR) is 112 cm³/mol. The fourth-order valence-corrected chi connectivity index (χ4v) is 3.37. The van der Waals surface area contributed by atoms with Crippen LogP contribution >= 0.6 is 0 Å². The van der Waals surface area contributed by atoms with Gasteiger partial charge in [-0.1, -0.05) is 45.0 Å². The Hall–Kier alpha value is -3.00. The Morgan fingerprint density at radius 3 is 2.13 bits per heavy atom. The van der Waals surface area contributed by atoms with Gasteiger partial charge in [0.1, 0.15) is 12.4 Å². The first-order valence-electron chi connectivity index (χ1n) is 9.28. The van der Waals surface area contributed by atoms with E-state index in [1.54, 1.807) is 45.0 Å². The lowest BCUT2D eigenvalue weighted by molar-refractivity contribution is -0.128. The third kappa shape index (κ3) is 4.76. The number of Topliss-reactive ketones (excluding diaryl/α,β-unsaturated/α-hetero) is 1. The van der Waals surface area contributed by atoms with Crippen LogP contribution in [0.15, 0.2) is 53.4 Å². The lowest BCUT2D eigenvalue weighted by Gasteiger charge is -2.16. The lowest BCUT2D eigenvalue weighted by Crippen LogP contribution is -2.26. The molecule has 6 nitrogen and oxygen atoms in total. The second-order valence-electron chi connectivity index (χ2n) is 8.04. The normalized spacial score (nSPS) is 12.0. The van der Waals surface area contributed by atoms with Crippen LogP contribution in [0.1, 0.15) is 20.8 Å².